The summed E-state index contributed by atoms with van der Waals surface area (Å²) < 4.78 is 11.4. The van der Waals surface area contributed by atoms with Gasteiger partial charge < -0.3 is 30.3 Å². The van der Waals surface area contributed by atoms with Gasteiger partial charge in [-0.3, -0.25) is 9.59 Å². The fraction of sp³-hybridized carbons (Fsp3) is 0.528. The van der Waals surface area contributed by atoms with E-state index in [0.29, 0.717) is 24.9 Å². The largest absolute Gasteiger partial charge is 0.508 e. The normalized spacial score (nSPS) is 25.6. The molecule has 2 amide bonds. The number of carbonyl (C=O) groups excluding carboxylic acids is 3. The highest BCUT2D eigenvalue weighted by molar-refractivity contribution is 5.91. The zero-order chi connectivity index (χ0) is 32.8. The smallest absolute Gasteiger partial charge is 0.328 e. The summed E-state index contributed by atoms with van der Waals surface area (Å²) in [7, 11) is 1.54. The molecule has 1 aliphatic carbocycles. The molecule has 0 spiro atoms. The van der Waals surface area contributed by atoms with E-state index in [9.17, 15) is 24.6 Å². The molecule has 1 saturated carbocycles. The molecule has 0 radical (unpaired) electrons. The number of allylic oxidation sites excluding steroid dienone is 5. The number of phenols is 1. The highest BCUT2D eigenvalue weighted by Crippen LogP contribution is 2.26. The third-order valence-corrected chi connectivity index (χ3v) is 8.52. The second-order valence-electron chi connectivity index (χ2n) is 12.2. The molecule has 9 heteroatoms. The zero-order valence-corrected chi connectivity index (χ0v) is 27.0. The van der Waals surface area contributed by atoms with Crippen molar-refractivity contribution in [2.45, 2.75) is 103 Å². The lowest BCUT2D eigenvalue weighted by molar-refractivity contribution is -0.156. The van der Waals surface area contributed by atoms with E-state index in [-0.39, 0.29) is 29.9 Å². The standard InChI is InChI=1S/C36H50N2O7/c1-24-14-13-15-27-20-29(22-30(39)21-27)38-33(40)23-31(44-4)18-11-6-5-7-12-19-32(25(2)34(24)41)45-36(43)26(3)37-35(42)28-16-9-8-10-17-28/h5-7,11-12,14,18,20-22,25-26,28,31-32,34,39,41H,8-10,13,15-17,19,23H2,1-4H3,(H,37,42)(H,38,40)/b6-5+,12-7?,18-11?,24-14?/t25-,26+,31-,32-,34-/m0/s1. The van der Waals surface area contributed by atoms with Crippen LogP contribution in [-0.2, 0) is 30.3 Å². The summed E-state index contributed by atoms with van der Waals surface area (Å²) in [4.78, 5) is 38.5. The first-order chi connectivity index (χ1) is 21.6. The third kappa shape index (κ3) is 12.0. The van der Waals surface area contributed by atoms with Crippen molar-refractivity contribution in [2.24, 2.45) is 11.8 Å². The van der Waals surface area contributed by atoms with E-state index < -0.39 is 36.2 Å². The first-order valence-electron chi connectivity index (χ1n) is 16.1. The predicted molar refractivity (Wildman–Crippen MR) is 175 cm³/mol. The fourth-order valence-electron chi connectivity index (χ4n) is 5.70. The number of carbonyl (C=O) groups is 3. The molecule has 9 nitrogen and oxygen atoms in total. The molecular formula is C36H50N2O7. The van der Waals surface area contributed by atoms with E-state index in [4.69, 9.17) is 9.47 Å². The van der Waals surface area contributed by atoms with Crippen LogP contribution < -0.4 is 10.6 Å². The van der Waals surface area contributed by atoms with Crippen molar-refractivity contribution in [1.82, 2.24) is 5.32 Å². The van der Waals surface area contributed by atoms with Crippen LogP contribution in [0.5, 0.6) is 5.75 Å². The van der Waals surface area contributed by atoms with Crippen LogP contribution in [-0.4, -0.2) is 59.5 Å². The molecule has 0 unspecified atom stereocenters. The van der Waals surface area contributed by atoms with Crippen LogP contribution in [0.25, 0.3) is 0 Å². The summed E-state index contributed by atoms with van der Waals surface area (Å²) in [6.07, 6.45) is 17.4. The van der Waals surface area contributed by atoms with Crippen molar-refractivity contribution in [1.29, 1.82) is 0 Å². The van der Waals surface area contributed by atoms with Gasteiger partial charge in [-0.05, 0) is 62.8 Å². The maximum absolute atomic E-state index is 13.1. The van der Waals surface area contributed by atoms with E-state index in [1.165, 1.54) is 13.2 Å². The van der Waals surface area contributed by atoms with Gasteiger partial charge in [-0.1, -0.05) is 68.7 Å². The Morgan fingerprint density at radius 2 is 1.80 bits per heavy atom. The molecule has 0 aromatic heterocycles. The lowest BCUT2D eigenvalue weighted by atomic mass is 9.88. The van der Waals surface area contributed by atoms with Gasteiger partial charge in [0.1, 0.15) is 17.9 Å². The number of methoxy groups -OCH3 is 1. The Bertz CT molecular complexity index is 1260. The number of amides is 2. The number of aromatic hydroxyl groups is 1. The molecule has 246 valence electrons. The fourth-order valence-corrected chi connectivity index (χ4v) is 5.70. The molecule has 1 aliphatic heterocycles. The Hall–Kier alpha value is -3.69. The molecular weight excluding hydrogens is 572 g/mol. The van der Waals surface area contributed by atoms with Crippen LogP contribution in [0.15, 0.2) is 66.3 Å². The number of hydrogen-bond acceptors (Lipinski definition) is 7. The molecule has 45 heavy (non-hydrogen) atoms. The number of benzene rings is 1. The second kappa shape index (κ2) is 18.3. The van der Waals surface area contributed by atoms with E-state index in [1.807, 2.05) is 44.2 Å². The number of hydrogen-bond donors (Lipinski definition) is 4. The number of aryl methyl sites for hydroxylation is 1. The average molecular weight is 623 g/mol. The van der Waals surface area contributed by atoms with Gasteiger partial charge >= 0.3 is 5.97 Å². The van der Waals surface area contributed by atoms with Gasteiger partial charge in [0.05, 0.1) is 18.6 Å². The molecule has 1 aromatic carbocycles. The van der Waals surface area contributed by atoms with Crippen molar-refractivity contribution in [3.05, 3.63) is 71.9 Å². The monoisotopic (exact) mass is 622 g/mol. The van der Waals surface area contributed by atoms with Gasteiger partial charge in [0, 0.05) is 37.1 Å². The van der Waals surface area contributed by atoms with Crippen molar-refractivity contribution in [3.63, 3.8) is 0 Å². The Kier molecular flexibility index (Phi) is 14.6. The molecule has 1 heterocycles. The summed E-state index contributed by atoms with van der Waals surface area (Å²) >= 11 is 0. The van der Waals surface area contributed by atoms with Crippen LogP contribution in [0.1, 0.15) is 77.7 Å². The number of aliphatic hydroxyl groups is 1. The maximum atomic E-state index is 13.1. The number of anilines is 1. The van der Waals surface area contributed by atoms with Gasteiger partial charge in [0.25, 0.3) is 0 Å². The molecule has 1 aromatic rings. The summed E-state index contributed by atoms with van der Waals surface area (Å²) in [5.41, 5.74) is 2.06. The van der Waals surface area contributed by atoms with E-state index in [0.717, 1.165) is 43.2 Å². The third-order valence-electron chi connectivity index (χ3n) is 8.52. The predicted octanol–water partition coefficient (Wildman–Crippen LogP) is 5.68. The molecule has 5 atom stereocenters. The van der Waals surface area contributed by atoms with Crippen LogP contribution in [0.2, 0.25) is 0 Å². The minimum atomic E-state index is -0.874. The molecule has 3 rings (SSSR count). The SMILES string of the molecule is CO[C@H]1C=C/C=C/C=CC[C@H](OC(=O)[C@@H](C)NC(=O)C2CCCCC2)[C@H](C)[C@@H](O)C(C)=CCCc2cc(O)cc(c2)NC(=O)C1. The first kappa shape index (κ1) is 35.8. The number of ether oxygens (including phenoxy) is 2. The van der Waals surface area contributed by atoms with Gasteiger partial charge in [0.15, 0.2) is 0 Å². The minimum absolute atomic E-state index is 0.0465. The Morgan fingerprint density at radius 3 is 2.53 bits per heavy atom. The zero-order valence-electron chi connectivity index (χ0n) is 27.0. The molecule has 1 fully saturated rings. The summed E-state index contributed by atoms with van der Waals surface area (Å²) in [5.74, 6) is -1.33. The molecule has 2 aliphatic rings. The highest BCUT2D eigenvalue weighted by Gasteiger charge is 2.31. The summed E-state index contributed by atoms with van der Waals surface area (Å²) in [6.45, 7) is 5.33. The molecule has 2 bridgehead atoms. The van der Waals surface area contributed by atoms with Crippen LogP contribution in [0.3, 0.4) is 0 Å². The average Bonchev–Trinajstić information content (AvgIpc) is 3.01. The number of phenolic OH excluding ortho intramolecular Hbond substituents is 1. The van der Waals surface area contributed by atoms with Crippen molar-refractivity contribution < 1.29 is 34.1 Å². The lowest BCUT2D eigenvalue weighted by Gasteiger charge is -2.29. The van der Waals surface area contributed by atoms with Crippen LogP contribution >= 0.6 is 0 Å². The van der Waals surface area contributed by atoms with Gasteiger partial charge in [-0.2, -0.15) is 0 Å². The van der Waals surface area contributed by atoms with E-state index in [2.05, 4.69) is 10.6 Å². The second-order valence-corrected chi connectivity index (χ2v) is 12.2. The topological polar surface area (TPSA) is 134 Å². The maximum Gasteiger partial charge on any atom is 0.328 e. The Balaban J connectivity index is 1.78. The number of aliphatic hydroxyl groups excluding tert-OH is 1. The quantitative estimate of drug-likeness (QED) is 0.245. The Morgan fingerprint density at radius 1 is 1.07 bits per heavy atom. The highest BCUT2D eigenvalue weighted by atomic mass is 16.5. The first-order valence-corrected chi connectivity index (χ1v) is 16.1. The Labute approximate surface area is 267 Å². The minimum Gasteiger partial charge on any atom is -0.508 e. The lowest BCUT2D eigenvalue weighted by Crippen LogP contribution is -2.45. The number of nitrogens with one attached hydrogen (secondary N) is 2. The van der Waals surface area contributed by atoms with Crippen LogP contribution in [0, 0.1) is 11.8 Å². The van der Waals surface area contributed by atoms with Crippen molar-refractivity contribution >= 4 is 23.5 Å². The number of esters is 1. The number of rotatable bonds is 5. The number of fused-ring (bicyclic) bond motifs is 2. The van der Waals surface area contributed by atoms with E-state index in [1.54, 1.807) is 31.2 Å². The van der Waals surface area contributed by atoms with Gasteiger partial charge in [-0.15, -0.1) is 0 Å². The van der Waals surface area contributed by atoms with Gasteiger partial charge in [-0.25, -0.2) is 4.79 Å². The van der Waals surface area contributed by atoms with Crippen molar-refractivity contribution in [3.8, 4) is 5.75 Å². The molecule has 4 N–H and O–H groups in total. The summed E-state index contributed by atoms with van der Waals surface area (Å²) in [5, 5.41) is 27.2. The summed E-state index contributed by atoms with van der Waals surface area (Å²) in [6, 6.07) is 4.16. The van der Waals surface area contributed by atoms with Gasteiger partial charge in [0.2, 0.25) is 11.8 Å². The van der Waals surface area contributed by atoms with Crippen molar-refractivity contribution in [2.75, 3.05) is 12.4 Å². The molecule has 0 saturated heterocycles. The van der Waals surface area contributed by atoms with Crippen LogP contribution in [0.4, 0.5) is 5.69 Å². The van der Waals surface area contributed by atoms with E-state index >= 15 is 0 Å².